The van der Waals surface area contributed by atoms with Crippen molar-refractivity contribution in [2.24, 2.45) is 0 Å². The van der Waals surface area contributed by atoms with Crippen LogP contribution in [0, 0.1) is 0 Å². The highest BCUT2D eigenvalue weighted by Gasteiger charge is 2.19. The third-order valence-electron chi connectivity index (χ3n) is 8.59. The second-order valence-corrected chi connectivity index (χ2v) is 11.7. The Bertz CT molecular complexity index is 2290. The van der Waals surface area contributed by atoms with Crippen molar-refractivity contribution in [3.05, 3.63) is 182 Å². The first-order chi connectivity index (χ1) is 24.7. The maximum absolute atomic E-state index is 14.5. The quantitative estimate of drug-likeness (QED) is 0.152. The van der Waals surface area contributed by atoms with Gasteiger partial charge in [-0.15, -0.1) is 0 Å². The van der Waals surface area contributed by atoms with Crippen LogP contribution in [0.3, 0.4) is 0 Å². The van der Waals surface area contributed by atoms with Crippen molar-refractivity contribution in [1.82, 2.24) is 29.9 Å². The van der Waals surface area contributed by atoms with Gasteiger partial charge in [-0.2, -0.15) is 0 Å². The van der Waals surface area contributed by atoms with Crippen LogP contribution >= 0.6 is 0 Å². The van der Waals surface area contributed by atoms with Crippen molar-refractivity contribution in [3.63, 3.8) is 0 Å². The smallest absolute Gasteiger partial charge is 0.194 e. The van der Waals surface area contributed by atoms with Gasteiger partial charge in [-0.1, -0.05) is 121 Å². The Morgan fingerprint density at radius 1 is 0.340 bits per heavy atom. The number of rotatable bonds is 8. The van der Waals surface area contributed by atoms with E-state index < -0.39 is 0 Å². The Hall–Kier alpha value is -6.99. The van der Waals surface area contributed by atoms with Crippen molar-refractivity contribution in [2.75, 3.05) is 0 Å². The molecular formula is C43H28N6O. The van der Waals surface area contributed by atoms with Gasteiger partial charge in [0.05, 0.1) is 0 Å². The summed E-state index contributed by atoms with van der Waals surface area (Å²) in [5.74, 6) is 1.19. The number of carbonyl (C=O) groups excluding carboxylic acids is 1. The Morgan fingerprint density at radius 3 is 1.06 bits per heavy atom. The predicted molar refractivity (Wildman–Crippen MR) is 196 cm³/mol. The molecule has 0 unspecified atom stereocenters. The van der Waals surface area contributed by atoms with Gasteiger partial charge in [0, 0.05) is 22.3 Å². The summed E-state index contributed by atoms with van der Waals surface area (Å²) in [6.07, 6.45) is 5.99. The Kier molecular flexibility index (Phi) is 8.27. The van der Waals surface area contributed by atoms with Crippen molar-refractivity contribution < 1.29 is 4.79 Å². The van der Waals surface area contributed by atoms with E-state index in [-0.39, 0.29) is 5.78 Å². The zero-order valence-corrected chi connectivity index (χ0v) is 26.8. The van der Waals surface area contributed by atoms with E-state index in [1.165, 1.54) is 25.3 Å². The fourth-order valence-electron chi connectivity index (χ4n) is 6.20. The highest BCUT2D eigenvalue weighted by molar-refractivity contribution is 6.16. The fraction of sp³-hybridized carbons (Fsp3) is 0. The van der Waals surface area contributed by atoms with Gasteiger partial charge in [-0.05, 0) is 68.8 Å². The summed E-state index contributed by atoms with van der Waals surface area (Å²) in [5, 5.41) is 0. The number of hydrogen-bond acceptors (Lipinski definition) is 7. The fourth-order valence-corrected chi connectivity index (χ4v) is 6.20. The SMILES string of the molecule is O=C(c1ccccc1-c1cccc(-c2cccc(-c3ncncn3)c2)c1)c1ccccc1-c1cccc(-c2cccc(-c3ncncn3)c2)c1. The maximum Gasteiger partial charge on any atom is 0.194 e. The van der Waals surface area contributed by atoms with Crippen LogP contribution in [-0.4, -0.2) is 35.7 Å². The number of hydrogen-bond donors (Lipinski definition) is 0. The molecule has 0 N–H and O–H groups in total. The lowest BCUT2D eigenvalue weighted by molar-refractivity contribution is 0.104. The van der Waals surface area contributed by atoms with E-state index in [2.05, 4.69) is 78.4 Å². The van der Waals surface area contributed by atoms with Gasteiger partial charge < -0.3 is 0 Å². The third-order valence-corrected chi connectivity index (χ3v) is 8.59. The minimum atomic E-state index is -0.0410. The van der Waals surface area contributed by atoms with Crippen molar-refractivity contribution >= 4 is 5.78 Å². The highest BCUT2D eigenvalue weighted by Crippen LogP contribution is 2.34. The second-order valence-electron chi connectivity index (χ2n) is 11.7. The Balaban J connectivity index is 1.14. The number of nitrogens with zero attached hydrogens (tertiary/aromatic N) is 6. The number of carbonyl (C=O) groups is 1. The van der Waals surface area contributed by atoms with Crippen LogP contribution in [0.4, 0.5) is 0 Å². The molecule has 236 valence electrons. The lowest BCUT2D eigenvalue weighted by Gasteiger charge is -2.14. The standard InChI is InChI=1S/C43H28N6O/c50-41(39-19-3-1-17-37(39)33-13-5-9-29(21-33)31-11-7-15-35(23-31)42-46-25-44-26-47-42)40-20-4-2-18-38(40)34-14-6-10-30(22-34)32-12-8-16-36(24-32)43-48-27-45-28-49-43/h1-28H. The molecule has 2 aromatic heterocycles. The van der Waals surface area contributed by atoms with Gasteiger partial charge in [0.1, 0.15) is 25.3 Å². The molecule has 0 saturated carbocycles. The van der Waals surface area contributed by atoms with E-state index >= 15 is 0 Å². The number of benzene rings is 6. The van der Waals surface area contributed by atoms with Crippen LogP contribution in [0.2, 0.25) is 0 Å². The molecule has 0 aliphatic carbocycles. The molecule has 8 aromatic rings. The first-order valence-electron chi connectivity index (χ1n) is 16.1. The van der Waals surface area contributed by atoms with Crippen molar-refractivity contribution in [2.45, 2.75) is 0 Å². The zero-order valence-electron chi connectivity index (χ0n) is 26.8. The van der Waals surface area contributed by atoms with Gasteiger partial charge in [-0.25, -0.2) is 29.9 Å². The summed E-state index contributed by atoms with van der Waals surface area (Å²) in [6, 6.07) is 48.4. The van der Waals surface area contributed by atoms with E-state index in [9.17, 15) is 4.79 Å². The van der Waals surface area contributed by atoms with Crippen molar-refractivity contribution in [3.8, 4) is 67.3 Å². The largest absolute Gasteiger partial charge is 0.289 e. The molecule has 50 heavy (non-hydrogen) atoms. The number of ketones is 1. The van der Waals surface area contributed by atoms with Gasteiger partial charge in [0.25, 0.3) is 0 Å². The first kappa shape index (κ1) is 30.4. The average Bonchev–Trinajstić information content (AvgIpc) is 3.21. The first-order valence-corrected chi connectivity index (χ1v) is 16.1. The van der Waals surface area contributed by atoms with Gasteiger partial charge in [-0.3, -0.25) is 4.79 Å². The van der Waals surface area contributed by atoms with Gasteiger partial charge in [0.15, 0.2) is 17.4 Å². The molecule has 0 amide bonds. The molecule has 7 nitrogen and oxygen atoms in total. The molecule has 2 heterocycles. The summed E-state index contributed by atoms with van der Waals surface area (Å²) in [7, 11) is 0. The molecule has 0 radical (unpaired) electrons. The van der Waals surface area contributed by atoms with Gasteiger partial charge >= 0.3 is 0 Å². The molecule has 0 atom stereocenters. The molecular weight excluding hydrogens is 617 g/mol. The van der Waals surface area contributed by atoms with Crippen LogP contribution in [0.25, 0.3) is 67.3 Å². The summed E-state index contributed by atoms with van der Waals surface area (Å²) in [5.41, 5.74) is 10.8. The van der Waals surface area contributed by atoms with E-state index in [4.69, 9.17) is 0 Å². The van der Waals surface area contributed by atoms with E-state index in [1.54, 1.807) is 0 Å². The molecule has 7 heteroatoms. The normalized spacial score (nSPS) is 10.9. The van der Waals surface area contributed by atoms with Crippen LogP contribution in [0.5, 0.6) is 0 Å². The molecule has 0 aliphatic heterocycles. The monoisotopic (exact) mass is 644 g/mol. The average molecular weight is 645 g/mol. The molecule has 0 saturated heterocycles. The third kappa shape index (κ3) is 6.19. The lowest BCUT2D eigenvalue weighted by atomic mass is 9.88. The number of aromatic nitrogens is 6. The van der Waals surface area contributed by atoms with Crippen molar-refractivity contribution in [1.29, 1.82) is 0 Å². The topological polar surface area (TPSA) is 94.4 Å². The van der Waals surface area contributed by atoms with E-state index in [0.717, 1.165) is 55.6 Å². The second kappa shape index (κ2) is 13.6. The van der Waals surface area contributed by atoms with E-state index in [0.29, 0.717) is 22.8 Å². The molecule has 8 rings (SSSR count). The molecule has 6 aromatic carbocycles. The minimum Gasteiger partial charge on any atom is -0.289 e. The molecule has 0 fully saturated rings. The summed E-state index contributed by atoms with van der Waals surface area (Å²) < 4.78 is 0. The summed E-state index contributed by atoms with van der Waals surface area (Å²) in [6.45, 7) is 0. The van der Waals surface area contributed by atoms with Crippen LogP contribution in [0.15, 0.2) is 171 Å². The summed E-state index contributed by atoms with van der Waals surface area (Å²) >= 11 is 0. The maximum atomic E-state index is 14.5. The Morgan fingerprint density at radius 2 is 0.660 bits per heavy atom. The van der Waals surface area contributed by atoms with Gasteiger partial charge in [0.2, 0.25) is 0 Å². The minimum absolute atomic E-state index is 0.0410. The van der Waals surface area contributed by atoms with Crippen LogP contribution in [0.1, 0.15) is 15.9 Å². The molecule has 0 spiro atoms. The lowest BCUT2D eigenvalue weighted by Crippen LogP contribution is -2.05. The van der Waals surface area contributed by atoms with Crippen LogP contribution < -0.4 is 0 Å². The zero-order chi connectivity index (χ0) is 33.7. The van der Waals surface area contributed by atoms with Crippen LogP contribution in [-0.2, 0) is 0 Å². The Labute approximate surface area is 289 Å². The molecule has 0 bridgehead atoms. The highest BCUT2D eigenvalue weighted by atomic mass is 16.1. The van der Waals surface area contributed by atoms with E-state index in [1.807, 2.05) is 97.1 Å². The molecule has 0 aliphatic rings. The predicted octanol–water partition coefficient (Wildman–Crippen LogP) is 9.29. The summed E-state index contributed by atoms with van der Waals surface area (Å²) in [4.78, 5) is 39.6.